The van der Waals surface area contributed by atoms with Crippen LogP contribution >= 0.6 is 15.9 Å². The lowest BCUT2D eigenvalue weighted by atomic mass is 10.1. The molecule has 96 valence electrons. The zero-order valence-electron chi connectivity index (χ0n) is 10.6. The molecule has 1 aromatic heterocycles. The Hall–Kier alpha value is -1.81. The van der Waals surface area contributed by atoms with Crippen molar-refractivity contribution in [1.82, 2.24) is 10.2 Å². The Labute approximate surface area is 120 Å². The lowest BCUT2D eigenvalue weighted by Crippen LogP contribution is -1.99. The number of fused-ring (bicyclic) bond motifs is 1. The van der Waals surface area contributed by atoms with E-state index >= 15 is 0 Å². The van der Waals surface area contributed by atoms with Crippen LogP contribution in [0.15, 0.2) is 47.1 Å². The first-order chi connectivity index (χ1) is 9.22. The van der Waals surface area contributed by atoms with Gasteiger partial charge >= 0.3 is 0 Å². The van der Waals surface area contributed by atoms with Crippen LogP contribution < -0.4 is 5.32 Å². The molecule has 3 rings (SSSR count). The summed E-state index contributed by atoms with van der Waals surface area (Å²) >= 11 is 3.56. The van der Waals surface area contributed by atoms with Gasteiger partial charge < -0.3 is 5.32 Å². The maximum absolute atomic E-state index is 4.02. The summed E-state index contributed by atoms with van der Waals surface area (Å²) in [5.41, 5.74) is 4.67. The van der Waals surface area contributed by atoms with Crippen molar-refractivity contribution in [3.8, 4) is 0 Å². The van der Waals surface area contributed by atoms with Gasteiger partial charge in [0.25, 0.3) is 0 Å². The zero-order valence-corrected chi connectivity index (χ0v) is 12.2. The van der Waals surface area contributed by atoms with Crippen LogP contribution in [0.4, 0.5) is 5.69 Å². The molecule has 19 heavy (non-hydrogen) atoms. The van der Waals surface area contributed by atoms with Crippen molar-refractivity contribution in [3.63, 3.8) is 0 Å². The molecule has 0 aliphatic heterocycles. The fraction of sp³-hybridized carbons (Fsp3) is 0.133. The van der Waals surface area contributed by atoms with Gasteiger partial charge in [-0.2, -0.15) is 5.10 Å². The molecule has 1 heterocycles. The van der Waals surface area contributed by atoms with Crippen LogP contribution in [-0.2, 0) is 6.54 Å². The Morgan fingerprint density at radius 1 is 1.21 bits per heavy atom. The second-order valence-corrected chi connectivity index (χ2v) is 5.46. The van der Waals surface area contributed by atoms with Crippen LogP contribution in [0.2, 0.25) is 0 Å². The lowest BCUT2D eigenvalue weighted by molar-refractivity contribution is 1.12. The second kappa shape index (κ2) is 5.05. The molecule has 0 spiro atoms. The first-order valence-corrected chi connectivity index (χ1v) is 6.94. The second-order valence-electron chi connectivity index (χ2n) is 4.61. The van der Waals surface area contributed by atoms with Gasteiger partial charge in [0.05, 0.1) is 11.7 Å². The van der Waals surface area contributed by atoms with Crippen molar-refractivity contribution in [2.75, 3.05) is 5.32 Å². The Balaban J connectivity index is 1.75. The number of nitrogens with zero attached hydrogens (tertiary/aromatic N) is 1. The fourth-order valence-corrected chi connectivity index (χ4v) is 2.43. The van der Waals surface area contributed by atoms with Gasteiger partial charge in [-0.25, -0.2) is 0 Å². The Morgan fingerprint density at radius 3 is 2.95 bits per heavy atom. The minimum atomic E-state index is 0.808. The van der Waals surface area contributed by atoms with E-state index < -0.39 is 0 Å². The van der Waals surface area contributed by atoms with E-state index in [4.69, 9.17) is 0 Å². The maximum atomic E-state index is 4.02. The Morgan fingerprint density at radius 2 is 2.11 bits per heavy atom. The van der Waals surface area contributed by atoms with Crippen molar-refractivity contribution in [3.05, 3.63) is 58.2 Å². The number of hydrogen-bond acceptors (Lipinski definition) is 2. The summed E-state index contributed by atoms with van der Waals surface area (Å²) in [6.07, 6.45) is 1.84. The van der Waals surface area contributed by atoms with E-state index in [0.29, 0.717) is 0 Å². The first-order valence-electron chi connectivity index (χ1n) is 6.14. The number of halogens is 1. The summed E-state index contributed by atoms with van der Waals surface area (Å²) in [5.74, 6) is 0. The van der Waals surface area contributed by atoms with E-state index in [9.17, 15) is 0 Å². The lowest BCUT2D eigenvalue weighted by Gasteiger charge is -2.08. The van der Waals surface area contributed by atoms with Gasteiger partial charge in [0, 0.05) is 22.1 Å². The van der Waals surface area contributed by atoms with Crippen molar-refractivity contribution in [2.45, 2.75) is 13.5 Å². The van der Waals surface area contributed by atoms with Gasteiger partial charge in [0.1, 0.15) is 0 Å². The highest BCUT2D eigenvalue weighted by Crippen LogP contribution is 2.20. The third kappa shape index (κ3) is 2.63. The molecule has 0 saturated carbocycles. The summed E-state index contributed by atoms with van der Waals surface area (Å²) in [6, 6.07) is 12.6. The van der Waals surface area contributed by atoms with E-state index in [1.165, 1.54) is 11.1 Å². The fourth-order valence-electron chi connectivity index (χ4n) is 2.00. The van der Waals surface area contributed by atoms with Crippen LogP contribution in [0.25, 0.3) is 10.9 Å². The van der Waals surface area contributed by atoms with Crippen LogP contribution in [-0.4, -0.2) is 10.2 Å². The molecule has 0 aliphatic carbocycles. The average Bonchev–Trinajstić information content (AvgIpc) is 2.87. The quantitative estimate of drug-likeness (QED) is 0.758. The van der Waals surface area contributed by atoms with Crippen molar-refractivity contribution in [2.24, 2.45) is 0 Å². The summed E-state index contributed by atoms with van der Waals surface area (Å²) in [5, 5.41) is 11.5. The Bertz CT molecular complexity index is 718. The number of anilines is 1. The van der Waals surface area contributed by atoms with Gasteiger partial charge in [0.15, 0.2) is 0 Å². The molecule has 0 bridgehead atoms. The van der Waals surface area contributed by atoms with E-state index in [0.717, 1.165) is 27.6 Å². The van der Waals surface area contributed by atoms with Gasteiger partial charge in [-0.3, -0.25) is 5.10 Å². The molecular formula is C15H14BrN3. The Kier molecular flexibility index (Phi) is 3.25. The van der Waals surface area contributed by atoms with E-state index in [-0.39, 0.29) is 0 Å². The molecule has 4 heteroatoms. The van der Waals surface area contributed by atoms with E-state index in [1.807, 2.05) is 12.3 Å². The molecule has 0 fully saturated rings. The predicted molar refractivity (Wildman–Crippen MR) is 82.3 cm³/mol. The number of nitrogens with one attached hydrogen (secondary N) is 2. The average molecular weight is 316 g/mol. The minimum Gasteiger partial charge on any atom is -0.381 e. The van der Waals surface area contributed by atoms with Gasteiger partial charge in [-0.05, 0) is 42.3 Å². The number of hydrogen-bond donors (Lipinski definition) is 2. The van der Waals surface area contributed by atoms with Crippen molar-refractivity contribution >= 4 is 32.5 Å². The minimum absolute atomic E-state index is 0.808. The highest BCUT2D eigenvalue weighted by molar-refractivity contribution is 9.10. The highest BCUT2D eigenvalue weighted by Gasteiger charge is 2.00. The number of aromatic nitrogens is 2. The normalized spacial score (nSPS) is 10.8. The summed E-state index contributed by atoms with van der Waals surface area (Å²) in [7, 11) is 0. The van der Waals surface area contributed by atoms with E-state index in [2.05, 4.69) is 68.7 Å². The number of H-pyrrole nitrogens is 1. The van der Waals surface area contributed by atoms with Crippen LogP contribution in [0.5, 0.6) is 0 Å². The van der Waals surface area contributed by atoms with Crippen LogP contribution in [0, 0.1) is 6.92 Å². The first kappa shape index (κ1) is 12.2. The molecule has 0 radical (unpaired) electrons. The van der Waals surface area contributed by atoms with Crippen molar-refractivity contribution in [1.29, 1.82) is 0 Å². The third-order valence-corrected chi connectivity index (χ3v) is 4.03. The standard InChI is InChI=1S/C15H14BrN3/c1-10-2-3-11(6-14(10)16)8-17-13-4-5-15-12(7-13)9-18-19-15/h2-7,9,17H,8H2,1H3,(H,18,19). The topological polar surface area (TPSA) is 40.7 Å². The van der Waals surface area contributed by atoms with Crippen LogP contribution in [0.1, 0.15) is 11.1 Å². The SMILES string of the molecule is Cc1ccc(CNc2ccc3[nH]ncc3c2)cc1Br. The predicted octanol–water partition coefficient (Wildman–Crippen LogP) is 4.25. The molecule has 2 N–H and O–H groups in total. The smallest absolute Gasteiger partial charge is 0.0651 e. The monoisotopic (exact) mass is 315 g/mol. The molecule has 0 aliphatic rings. The molecule has 2 aromatic carbocycles. The van der Waals surface area contributed by atoms with Crippen LogP contribution in [0.3, 0.4) is 0 Å². The van der Waals surface area contributed by atoms with Gasteiger partial charge in [0.2, 0.25) is 0 Å². The van der Waals surface area contributed by atoms with Crippen molar-refractivity contribution < 1.29 is 0 Å². The number of aryl methyl sites for hydroxylation is 1. The number of rotatable bonds is 3. The molecule has 0 atom stereocenters. The highest BCUT2D eigenvalue weighted by atomic mass is 79.9. The van der Waals surface area contributed by atoms with Gasteiger partial charge in [-0.15, -0.1) is 0 Å². The molecular weight excluding hydrogens is 302 g/mol. The maximum Gasteiger partial charge on any atom is 0.0651 e. The largest absolute Gasteiger partial charge is 0.381 e. The molecule has 0 unspecified atom stereocenters. The summed E-state index contributed by atoms with van der Waals surface area (Å²) < 4.78 is 1.15. The molecule has 3 aromatic rings. The zero-order chi connectivity index (χ0) is 13.2. The summed E-state index contributed by atoms with van der Waals surface area (Å²) in [6.45, 7) is 2.90. The molecule has 0 amide bonds. The van der Waals surface area contributed by atoms with Gasteiger partial charge in [-0.1, -0.05) is 28.1 Å². The number of aromatic amines is 1. The summed E-state index contributed by atoms with van der Waals surface area (Å²) in [4.78, 5) is 0. The van der Waals surface area contributed by atoms with E-state index in [1.54, 1.807) is 0 Å². The molecule has 3 nitrogen and oxygen atoms in total. The third-order valence-electron chi connectivity index (χ3n) is 3.17. The molecule has 0 saturated heterocycles. The number of benzene rings is 2.